The molecule has 34 heavy (non-hydrogen) atoms. The van der Waals surface area contributed by atoms with Gasteiger partial charge in [0.25, 0.3) is 5.91 Å². The van der Waals surface area contributed by atoms with Crippen molar-refractivity contribution in [2.45, 2.75) is 34.3 Å². The second kappa shape index (κ2) is 11.4. The van der Waals surface area contributed by atoms with Crippen LogP contribution in [0.3, 0.4) is 0 Å². The van der Waals surface area contributed by atoms with Crippen LogP contribution in [0, 0.1) is 32.1 Å². The number of halogens is 1. The van der Waals surface area contributed by atoms with Crippen LogP contribution in [-0.2, 0) is 11.4 Å². The van der Waals surface area contributed by atoms with Crippen LogP contribution in [0.2, 0.25) is 5.02 Å². The van der Waals surface area contributed by atoms with E-state index in [2.05, 4.69) is 5.32 Å². The largest absolute Gasteiger partial charge is 0.490 e. The Balaban J connectivity index is 1.86. The molecular formula is C28H27ClN2O3. The van der Waals surface area contributed by atoms with Gasteiger partial charge in [0.1, 0.15) is 18.2 Å². The molecule has 0 spiro atoms. The summed E-state index contributed by atoms with van der Waals surface area (Å²) in [5.41, 5.74) is 5.35. The number of rotatable bonds is 8. The average Bonchev–Trinajstić information content (AvgIpc) is 2.81. The van der Waals surface area contributed by atoms with E-state index >= 15 is 0 Å². The van der Waals surface area contributed by atoms with E-state index in [0.29, 0.717) is 41.0 Å². The predicted octanol–water partition coefficient (Wildman–Crippen LogP) is 6.79. The molecule has 3 aromatic rings. The number of nitrogens with zero attached hydrogens (tertiary/aromatic N) is 1. The second-order valence-electron chi connectivity index (χ2n) is 7.91. The molecule has 0 saturated carbocycles. The first-order valence-electron chi connectivity index (χ1n) is 11.0. The first-order valence-corrected chi connectivity index (χ1v) is 11.3. The summed E-state index contributed by atoms with van der Waals surface area (Å²) in [6, 6.07) is 19.0. The van der Waals surface area contributed by atoms with Gasteiger partial charge in [0.2, 0.25) is 0 Å². The number of ether oxygens (including phenoxy) is 2. The van der Waals surface area contributed by atoms with Crippen LogP contribution in [0.15, 0.2) is 60.2 Å². The monoisotopic (exact) mass is 474 g/mol. The van der Waals surface area contributed by atoms with Crippen LogP contribution in [0.25, 0.3) is 6.08 Å². The lowest BCUT2D eigenvalue weighted by Crippen LogP contribution is -2.14. The second-order valence-corrected chi connectivity index (χ2v) is 8.32. The number of aryl methyl sites for hydroxylation is 2. The Morgan fingerprint density at radius 3 is 2.50 bits per heavy atom. The van der Waals surface area contributed by atoms with Gasteiger partial charge in [0.15, 0.2) is 11.5 Å². The molecule has 174 valence electrons. The molecule has 0 aliphatic carbocycles. The minimum absolute atomic E-state index is 0.0484. The van der Waals surface area contributed by atoms with Crippen molar-refractivity contribution in [2.24, 2.45) is 0 Å². The van der Waals surface area contributed by atoms with E-state index in [1.54, 1.807) is 18.2 Å². The van der Waals surface area contributed by atoms with E-state index in [-0.39, 0.29) is 5.57 Å². The van der Waals surface area contributed by atoms with E-state index in [4.69, 9.17) is 21.1 Å². The zero-order valence-electron chi connectivity index (χ0n) is 19.7. The van der Waals surface area contributed by atoms with E-state index in [0.717, 1.165) is 16.7 Å². The van der Waals surface area contributed by atoms with Gasteiger partial charge in [-0.2, -0.15) is 5.26 Å². The normalized spacial score (nSPS) is 11.0. The topological polar surface area (TPSA) is 71.3 Å². The minimum Gasteiger partial charge on any atom is -0.490 e. The fraction of sp³-hybridized carbons (Fsp3) is 0.214. The highest BCUT2D eigenvalue weighted by Crippen LogP contribution is 2.38. The number of nitrogens with one attached hydrogen (secondary N) is 1. The molecule has 0 radical (unpaired) electrons. The molecule has 6 heteroatoms. The maximum Gasteiger partial charge on any atom is 0.266 e. The molecule has 1 amide bonds. The smallest absolute Gasteiger partial charge is 0.266 e. The maximum atomic E-state index is 12.8. The standard InChI is InChI=1S/C28H27ClN2O3/c1-5-33-26-15-22(14-24(29)27(26)34-17-21-11-9-18(2)10-12-21)13-23(16-30)28(32)31-25-8-6-7-19(3)20(25)4/h6-15H,5,17H2,1-4H3,(H,31,32)/b23-13+. The van der Waals surface area contributed by atoms with Gasteiger partial charge < -0.3 is 14.8 Å². The summed E-state index contributed by atoms with van der Waals surface area (Å²) < 4.78 is 11.7. The number of carbonyl (C=O) groups is 1. The predicted molar refractivity (Wildman–Crippen MR) is 136 cm³/mol. The fourth-order valence-electron chi connectivity index (χ4n) is 3.31. The van der Waals surface area contributed by atoms with Gasteiger partial charge in [-0.05, 0) is 74.2 Å². The molecule has 3 aromatic carbocycles. The van der Waals surface area contributed by atoms with Crippen LogP contribution < -0.4 is 14.8 Å². The SMILES string of the molecule is CCOc1cc(/C=C(\C#N)C(=O)Nc2cccc(C)c2C)cc(Cl)c1OCc1ccc(C)cc1. The number of nitriles is 1. The lowest BCUT2D eigenvalue weighted by molar-refractivity contribution is -0.112. The maximum absolute atomic E-state index is 12.8. The quantitative estimate of drug-likeness (QED) is 0.288. The van der Waals surface area contributed by atoms with E-state index in [1.165, 1.54) is 11.6 Å². The molecule has 0 bridgehead atoms. The van der Waals surface area contributed by atoms with Crippen LogP contribution in [0.4, 0.5) is 5.69 Å². The van der Waals surface area contributed by atoms with Gasteiger partial charge in [-0.1, -0.05) is 53.6 Å². The number of anilines is 1. The molecule has 0 aromatic heterocycles. The summed E-state index contributed by atoms with van der Waals surface area (Å²) in [6.07, 6.45) is 1.48. The van der Waals surface area contributed by atoms with Crippen molar-refractivity contribution in [1.29, 1.82) is 5.26 Å². The van der Waals surface area contributed by atoms with Crippen molar-refractivity contribution >= 4 is 29.3 Å². The molecular weight excluding hydrogens is 448 g/mol. The van der Waals surface area contributed by atoms with Crippen molar-refractivity contribution in [1.82, 2.24) is 0 Å². The van der Waals surface area contributed by atoms with Crippen molar-refractivity contribution in [3.8, 4) is 17.6 Å². The highest BCUT2D eigenvalue weighted by Gasteiger charge is 2.15. The summed E-state index contributed by atoms with van der Waals surface area (Å²) in [5, 5.41) is 12.8. The Kier molecular flexibility index (Phi) is 8.34. The van der Waals surface area contributed by atoms with E-state index in [9.17, 15) is 10.1 Å². The zero-order chi connectivity index (χ0) is 24.7. The van der Waals surface area contributed by atoms with Gasteiger partial charge in [-0.15, -0.1) is 0 Å². The first kappa shape index (κ1) is 24.9. The zero-order valence-corrected chi connectivity index (χ0v) is 20.5. The number of hydrogen-bond acceptors (Lipinski definition) is 4. The van der Waals surface area contributed by atoms with Crippen LogP contribution in [0.1, 0.15) is 34.7 Å². The number of carbonyl (C=O) groups excluding carboxylic acids is 1. The minimum atomic E-state index is -0.495. The number of benzene rings is 3. The highest BCUT2D eigenvalue weighted by molar-refractivity contribution is 6.32. The Morgan fingerprint density at radius 2 is 1.82 bits per heavy atom. The Labute approximate surface area is 205 Å². The molecule has 0 heterocycles. The summed E-state index contributed by atoms with van der Waals surface area (Å²) in [4.78, 5) is 12.8. The molecule has 5 nitrogen and oxygen atoms in total. The number of amides is 1. The van der Waals surface area contributed by atoms with Gasteiger partial charge >= 0.3 is 0 Å². The summed E-state index contributed by atoms with van der Waals surface area (Å²) in [6.45, 7) is 8.51. The molecule has 0 fully saturated rings. The summed E-state index contributed by atoms with van der Waals surface area (Å²) in [7, 11) is 0. The van der Waals surface area contributed by atoms with Gasteiger partial charge in [-0.3, -0.25) is 4.79 Å². The van der Waals surface area contributed by atoms with Crippen LogP contribution in [-0.4, -0.2) is 12.5 Å². The fourth-order valence-corrected chi connectivity index (χ4v) is 3.58. The van der Waals surface area contributed by atoms with Gasteiger partial charge in [0, 0.05) is 5.69 Å². The Bertz CT molecular complexity index is 1260. The molecule has 0 aliphatic rings. The third-order valence-electron chi connectivity index (χ3n) is 5.36. The molecule has 0 atom stereocenters. The van der Waals surface area contributed by atoms with E-state index < -0.39 is 5.91 Å². The van der Waals surface area contributed by atoms with Crippen molar-refractivity contribution in [2.75, 3.05) is 11.9 Å². The van der Waals surface area contributed by atoms with Crippen LogP contribution >= 0.6 is 11.6 Å². The van der Waals surface area contributed by atoms with Crippen molar-refractivity contribution in [3.63, 3.8) is 0 Å². The van der Waals surface area contributed by atoms with Crippen LogP contribution in [0.5, 0.6) is 11.5 Å². The molecule has 0 aliphatic heterocycles. The highest BCUT2D eigenvalue weighted by atomic mass is 35.5. The first-order chi connectivity index (χ1) is 16.3. The molecule has 3 rings (SSSR count). The Hall–Kier alpha value is -3.75. The molecule has 0 unspecified atom stereocenters. The summed E-state index contributed by atoms with van der Waals surface area (Å²) >= 11 is 6.52. The van der Waals surface area contributed by atoms with Gasteiger partial charge in [-0.25, -0.2) is 0 Å². The molecule has 0 saturated heterocycles. The molecule has 1 N–H and O–H groups in total. The third kappa shape index (κ3) is 6.18. The Morgan fingerprint density at radius 1 is 1.09 bits per heavy atom. The van der Waals surface area contributed by atoms with Gasteiger partial charge in [0.05, 0.1) is 11.6 Å². The average molecular weight is 475 g/mol. The lowest BCUT2D eigenvalue weighted by Gasteiger charge is -2.15. The van der Waals surface area contributed by atoms with Crippen molar-refractivity contribution in [3.05, 3.63) is 93.0 Å². The van der Waals surface area contributed by atoms with Crippen molar-refractivity contribution < 1.29 is 14.3 Å². The third-order valence-corrected chi connectivity index (χ3v) is 5.65. The lowest BCUT2D eigenvalue weighted by atomic mass is 10.1. The van der Waals surface area contributed by atoms with E-state index in [1.807, 2.05) is 70.2 Å². The number of hydrogen-bond donors (Lipinski definition) is 1. The summed E-state index contributed by atoms with van der Waals surface area (Å²) in [5.74, 6) is 0.366.